The van der Waals surface area contributed by atoms with E-state index in [4.69, 9.17) is 16.6 Å². The number of anilines is 3. The maximum atomic E-state index is 13.6. The number of carbonyl (C=O) groups is 1. The van der Waals surface area contributed by atoms with E-state index in [0.29, 0.717) is 22.4 Å². The average Bonchev–Trinajstić information content (AvgIpc) is 3.60. The summed E-state index contributed by atoms with van der Waals surface area (Å²) in [4.78, 5) is 20.8. The fourth-order valence-corrected chi connectivity index (χ4v) is 5.69. The van der Waals surface area contributed by atoms with Gasteiger partial charge >= 0.3 is 0 Å². The molecule has 6 rings (SSSR count). The second-order valence-corrected chi connectivity index (χ2v) is 10.4. The highest BCUT2D eigenvalue weighted by atomic mass is 35.5. The highest BCUT2D eigenvalue weighted by molar-refractivity contribution is 6.30. The van der Waals surface area contributed by atoms with Crippen LogP contribution in [0.2, 0.25) is 5.02 Å². The molecule has 4 aromatic rings. The van der Waals surface area contributed by atoms with Crippen LogP contribution in [0.1, 0.15) is 55.4 Å². The monoisotopic (exact) mass is 514 g/mol. The first-order valence-corrected chi connectivity index (χ1v) is 13.6. The number of piperidine rings is 1. The van der Waals surface area contributed by atoms with E-state index in [2.05, 4.69) is 26.7 Å². The quantitative estimate of drug-likeness (QED) is 0.301. The number of amides is 1. The number of halogens is 1. The predicted molar refractivity (Wildman–Crippen MR) is 150 cm³/mol. The number of carbonyl (C=O) groups excluding carboxylic acids is 1. The van der Waals surface area contributed by atoms with Gasteiger partial charge in [0.2, 0.25) is 0 Å². The molecular formula is C29H31ClN6O. The molecule has 3 heterocycles. The number of nitrogens with zero attached hydrogens (tertiary/aromatic N) is 4. The molecule has 0 unspecified atom stereocenters. The molecule has 1 amide bonds. The number of nitrogens with one attached hydrogen (secondary N) is 2. The van der Waals surface area contributed by atoms with Gasteiger partial charge in [0.1, 0.15) is 11.5 Å². The Morgan fingerprint density at radius 3 is 2.57 bits per heavy atom. The third kappa shape index (κ3) is 5.01. The fourth-order valence-electron chi connectivity index (χ4n) is 5.50. The summed E-state index contributed by atoms with van der Waals surface area (Å²) in [5, 5.41) is 12.1. The molecule has 0 atom stereocenters. The lowest BCUT2D eigenvalue weighted by atomic mass is 10.1. The van der Waals surface area contributed by atoms with Crippen LogP contribution in [0.25, 0.3) is 16.8 Å². The topological polar surface area (TPSA) is 74.6 Å². The van der Waals surface area contributed by atoms with Gasteiger partial charge in [0.25, 0.3) is 5.91 Å². The molecule has 7 nitrogen and oxygen atoms in total. The Hall–Kier alpha value is -3.58. The van der Waals surface area contributed by atoms with Crippen molar-refractivity contribution in [3.8, 4) is 11.1 Å². The van der Waals surface area contributed by atoms with E-state index in [1.54, 1.807) is 10.7 Å². The third-order valence-electron chi connectivity index (χ3n) is 7.40. The summed E-state index contributed by atoms with van der Waals surface area (Å²) in [5.74, 6) is 0.541. The molecular weight excluding hydrogens is 484 g/mol. The molecule has 2 aromatic carbocycles. The van der Waals surface area contributed by atoms with E-state index in [0.717, 1.165) is 54.3 Å². The summed E-state index contributed by atoms with van der Waals surface area (Å²) < 4.78 is 1.80. The zero-order chi connectivity index (χ0) is 25.2. The number of aromatic nitrogens is 3. The third-order valence-corrected chi connectivity index (χ3v) is 7.63. The van der Waals surface area contributed by atoms with Gasteiger partial charge in [-0.2, -0.15) is 9.61 Å². The van der Waals surface area contributed by atoms with Gasteiger partial charge in [0, 0.05) is 35.8 Å². The van der Waals surface area contributed by atoms with Gasteiger partial charge in [-0.1, -0.05) is 48.7 Å². The van der Waals surface area contributed by atoms with Crippen molar-refractivity contribution in [2.75, 3.05) is 28.6 Å². The molecule has 37 heavy (non-hydrogen) atoms. The lowest BCUT2D eigenvalue weighted by Gasteiger charge is -2.30. The number of para-hydroxylation sites is 2. The van der Waals surface area contributed by atoms with Gasteiger partial charge < -0.3 is 15.5 Å². The van der Waals surface area contributed by atoms with Gasteiger partial charge in [0.15, 0.2) is 5.65 Å². The molecule has 1 saturated carbocycles. The molecule has 1 aliphatic carbocycles. The van der Waals surface area contributed by atoms with Crippen molar-refractivity contribution in [2.24, 2.45) is 0 Å². The summed E-state index contributed by atoms with van der Waals surface area (Å²) >= 11 is 6.28. The normalized spacial score (nSPS) is 16.3. The largest absolute Gasteiger partial charge is 0.370 e. The van der Waals surface area contributed by atoms with Gasteiger partial charge in [-0.05, 0) is 61.9 Å². The van der Waals surface area contributed by atoms with Crippen molar-refractivity contribution in [2.45, 2.75) is 51.0 Å². The highest BCUT2D eigenvalue weighted by Gasteiger charge is 2.22. The number of benzene rings is 2. The Kier molecular flexibility index (Phi) is 6.70. The van der Waals surface area contributed by atoms with Crippen LogP contribution < -0.4 is 15.5 Å². The Balaban J connectivity index is 1.38. The number of fused-ring (bicyclic) bond motifs is 1. The predicted octanol–water partition coefficient (Wildman–Crippen LogP) is 6.65. The van der Waals surface area contributed by atoms with Crippen LogP contribution in [0.5, 0.6) is 0 Å². The summed E-state index contributed by atoms with van der Waals surface area (Å²) in [6.07, 6.45) is 10.0. The smallest absolute Gasteiger partial charge is 0.274 e. The fraction of sp³-hybridized carbons (Fsp3) is 0.345. The minimum Gasteiger partial charge on any atom is -0.370 e. The summed E-state index contributed by atoms with van der Waals surface area (Å²) in [7, 11) is 0. The maximum absolute atomic E-state index is 13.6. The Morgan fingerprint density at radius 1 is 0.946 bits per heavy atom. The molecule has 2 aromatic heterocycles. The summed E-state index contributed by atoms with van der Waals surface area (Å²) in [6, 6.07) is 17.8. The van der Waals surface area contributed by atoms with Crippen molar-refractivity contribution < 1.29 is 4.79 Å². The van der Waals surface area contributed by atoms with Crippen LogP contribution in [0, 0.1) is 0 Å². The first-order chi connectivity index (χ1) is 18.2. The van der Waals surface area contributed by atoms with Gasteiger partial charge in [-0.3, -0.25) is 4.79 Å². The first kappa shape index (κ1) is 23.8. The second kappa shape index (κ2) is 10.4. The molecule has 2 aliphatic rings. The van der Waals surface area contributed by atoms with Crippen LogP contribution >= 0.6 is 11.6 Å². The second-order valence-electron chi connectivity index (χ2n) is 9.98. The molecule has 190 valence electrons. The molecule has 0 bridgehead atoms. The molecule has 2 N–H and O–H groups in total. The average molecular weight is 515 g/mol. The van der Waals surface area contributed by atoms with E-state index in [9.17, 15) is 4.79 Å². The molecule has 1 saturated heterocycles. The standard InChI is InChI=1S/C29H31ClN6O/c30-21-10-8-9-20(17-21)23-19-31-36-27(32-22-11-2-3-12-22)18-25(33-28(23)36)29(37)34-24-13-4-5-14-26(24)35-15-6-1-7-16-35/h4-5,8-10,13-14,17-19,22,32H,1-3,6-7,11-12,15-16H2,(H,34,37). The summed E-state index contributed by atoms with van der Waals surface area (Å²) in [5.41, 5.74) is 4.59. The lowest BCUT2D eigenvalue weighted by molar-refractivity contribution is 0.102. The zero-order valence-electron chi connectivity index (χ0n) is 20.8. The SMILES string of the molecule is O=C(Nc1ccccc1N1CCCCC1)c1cc(NC2CCCC2)n2ncc(-c3cccc(Cl)c3)c2n1. The van der Waals surface area contributed by atoms with Gasteiger partial charge in [-0.15, -0.1) is 0 Å². The van der Waals surface area contributed by atoms with Crippen LogP contribution in [0.15, 0.2) is 60.8 Å². The molecule has 0 radical (unpaired) electrons. The molecule has 0 spiro atoms. The maximum Gasteiger partial charge on any atom is 0.274 e. The zero-order valence-corrected chi connectivity index (χ0v) is 21.5. The van der Waals surface area contributed by atoms with Crippen LogP contribution in [0.3, 0.4) is 0 Å². The van der Waals surface area contributed by atoms with E-state index in [-0.39, 0.29) is 5.91 Å². The minimum atomic E-state index is -0.236. The summed E-state index contributed by atoms with van der Waals surface area (Å²) in [6.45, 7) is 2.01. The van der Waals surface area contributed by atoms with Crippen LogP contribution in [-0.2, 0) is 0 Å². The van der Waals surface area contributed by atoms with Crippen molar-refractivity contribution in [1.29, 1.82) is 0 Å². The molecule has 2 fully saturated rings. The van der Waals surface area contributed by atoms with Crippen molar-refractivity contribution in [3.63, 3.8) is 0 Å². The van der Waals surface area contributed by atoms with Crippen LogP contribution in [0.4, 0.5) is 17.2 Å². The Labute approximate surface area is 221 Å². The molecule has 1 aliphatic heterocycles. The first-order valence-electron chi connectivity index (χ1n) is 13.2. The molecule has 8 heteroatoms. The highest BCUT2D eigenvalue weighted by Crippen LogP contribution is 2.31. The van der Waals surface area contributed by atoms with Crippen molar-refractivity contribution >= 4 is 40.3 Å². The minimum absolute atomic E-state index is 0.236. The number of rotatable bonds is 6. The van der Waals surface area contributed by atoms with E-state index in [1.165, 1.54) is 32.1 Å². The van der Waals surface area contributed by atoms with Gasteiger partial charge in [-0.25, -0.2) is 4.98 Å². The number of hydrogen-bond acceptors (Lipinski definition) is 5. The van der Waals surface area contributed by atoms with Crippen LogP contribution in [-0.4, -0.2) is 39.6 Å². The number of hydrogen-bond donors (Lipinski definition) is 2. The Bertz CT molecular complexity index is 1420. The lowest BCUT2D eigenvalue weighted by Crippen LogP contribution is -2.30. The van der Waals surface area contributed by atoms with E-state index >= 15 is 0 Å². The van der Waals surface area contributed by atoms with E-state index < -0.39 is 0 Å². The van der Waals surface area contributed by atoms with Crippen molar-refractivity contribution in [3.05, 3.63) is 71.5 Å². The van der Waals surface area contributed by atoms with E-state index in [1.807, 2.05) is 48.5 Å². The van der Waals surface area contributed by atoms with Gasteiger partial charge in [0.05, 0.1) is 17.6 Å². The Morgan fingerprint density at radius 2 is 1.76 bits per heavy atom. The van der Waals surface area contributed by atoms with Crippen molar-refractivity contribution in [1.82, 2.24) is 14.6 Å².